The Kier molecular flexibility index (Phi) is 3.73. The molecule has 3 aromatic rings. The van der Waals surface area contributed by atoms with Gasteiger partial charge in [0.2, 0.25) is 0 Å². The maximum atomic E-state index is 6.05. The van der Waals surface area contributed by atoms with E-state index in [1.165, 1.54) is 42.2 Å². The van der Waals surface area contributed by atoms with E-state index in [-0.39, 0.29) is 0 Å². The van der Waals surface area contributed by atoms with E-state index in [0.717, 1.165) is 30.8 Å². The second-order valence-corrected chi connectivity index (χ2v) is 6.10. The highest BCUT2D eigenvalue weighted by Gasteiger charge is 2.11. The van der Waals surface area contributed by atoms with Crippen molar-refractivity contribution in [2.24, 2.45) is 0 Å². The Morgan fingerprint density at radius 1 is 0.955 bits per heavy atom. The Balaban J connectivity index is 1.49. The molecule has 0 aliphatic carbocycles. The Labute approximate surface area is 130 Å². The molecule has 1 aliphatic heterocycles. The number of nitrogens with zero attached hydrogens (tertiary/aromatic N) is 1. The summed E-state index contributed by atoms with van der Waals surface area (Å²) in [6.45, 7) is 4.46. The molecule has 1 N–H and O–H groups in total. The minimum Gasteiger partial charge on any atom is -0.491 e. The van der Waals surface area contributed by atoms with Crippen molar-refractivity contribution in [3.05, 3.63) is 42.5 Å². The fourth-order valence-corrected chi connectivity index (χ4v) is 3.44. The minimum atomic E-state index is 0.783. The highest BCUT2D eigenvalue weighted by molar-refractivity contribution is 6.09. The van der Waals surface area contributed by atoms with Crippen molar-refractivity contribution in [2.75, 3.05) is 26.2 Å². The number of aromatic amines is 1. The molecule has 1 fully saturated rings. The van der Waals surface area contributed by atoms with Crippen LogP contribution < -0.4 is 4.74 Å². The van der Waals surface area contributed by atoms with Crippen LogP contribution in [0.3, 0.4) is 0 Å². The summed E-state index contributed by atoms with van der Waals surface area (Å²) in [5.41, 5.74) is 2.29. The van der Waals surface area contributed by atoms with Gasteiger partial charge in [-0.25, -0.2) is 0 Å². The van der Waals surface area contributed by atoms with E-state index < -0.39 is 0 Å². The molecule has 0 spiro atoms. The SMILES string of the molecule is c1ccc2c(c1)[nH]c1c(OCCCN3CCCC3)cccc12. The van der Waals surface area contributed by atoms with E-state index in [2.05, 4.69) is 52.3 Å². The maximum absolute atomic E-state index is 6.05. The number of rotatable bonds is 5. The quantitative estimate of drug-likeness (QED) is 0.715. The van der Waals surface area contributed by atoms with Gasteiger partial charge in [0.15, 0.2) is 0 Å². The van der Waals surface area contributed by atoms with Gasteiger partial charge < -0.3 is 14.6 Å². The summed E-state index contributed by atoms with van der Waals surface area (Å²) in [4.78, 5) is 6.03. The third-order valence-electron chi connectivity index (χ3n) is 4.58. The van der Waals surface area contributed by atoms with Crippen molar-refractivity contribution in [3.8, 4) is 5.75 Å². The molecule has 1 aliphatic rings. The zero-order valence-corrected chi connectivity index (χ0v) is 12.8. The van der Waals surface area contributed by atoms with Gasteiger partial charge in [-0.2, -0.15) is 0 Å². The molecule has 0 radical (unpaired) electrons. The highest BCUT2D eigenvalue weighted by atomic mass is 16.5. The Morgan fingerprint density at radius 3 is 2.68 bits per heavy atom. The van der Waals surface area contributed by atoms with Crippen molar-refractivity contribution in [3.63, 3.8) is 0 Å². The fourth-order valence-electron chi connectivity index (χ4n) is 3.44. The molecule has 3 nitrogen and oxygen atoms in total. The van der Waals surface area contributed by atoms with Gasteiger partial charge in [0.1, 0.15) is 5.75 Å². The van der Waals surface area contributed by atoms with Crippen LogP contribution in [0.15, 0.2) is 42.5 Å². The van der Waals surface area contributed by atoms with Crippen LogP contribution in [0.4, 0.5) is 0 Å². The zero-order valence-electron chi connectivity index (χ0n) is 12.8. The second-order valence-electron chi connectivity index (χ2n) is 6.10. The Hall–Kier alpha value is -2.00. The number of para-hydroxylation sites is 2. The van der Waals surface area contributed by atoms with Crippen molar-refractivity contribution < 1.29 is 4.74 Å². The smallest absolute Gasteiger partial charge is 0.143 e. The first-order chi connectivity index (χ1) is 10.9. The van der Waals surface area contributed by atoms with Crippen LogP contribution in [0.5, 0.6) is 5.75 Å². The highest BCUT2D eigenvalue weighted by Crippen LogP contribution is 2.31. The summed E-state index contributed by atoms with van der Waals surface area (Å²) in [7, 11) is 0. The molecule has 0 amide bonds. The zero-order chi connectivity index (χ0) is 14.8. The molecule has 0 saturated carbocycles. The minimum absolute atomic E-state index is 0.783. The second kappa shape index (κ2) is 6.01. The average Bonchev–Trinajstić information content (AvgIpc) is 3.19. The van der Waals surface area contributed by atoms with Crippen LogP contribution in [-0.2, 0) is 0 Å². The summed E-state index contributed by atoms with van der Waals surface area (Å²) in [6.07, 6.45) is 3.81. The van der Waals surface area contributed by atoms with Crippen molar-refractivity contribution >= 4 is 21.8 Å². The Morgan fingerprint density at radius 2 is 1.77 bits per heavy atom. The van der Waals surface area contributed by atoms with Crippen LogP contribution in [0.1, 0.15) is 19.3 Å². The average molecular weight is 294 g/mol. The Bertz CT molecular complexity index is 771. The van der Waals surface area contributed by atoms with Gasteiger partial charge in [0, 0.05) is 22.8 Å². The van der Waals surface area contributed by atoms with Gasteiger partial charge in [0.25, 0.3) is 0 Å². The van der Waals surface area contributed by atoms with E-state index >= 15 is 0 Å². The van der Waals surface area contributed by atoms with E-state index in [4.69, 9.17) is 4.74 Å². The number of hydrogen-bond donors (Lipinski definition) is 1. The van der Waals surface area contributed by atoms with Gasteiger partial charge in [-0.3, -0.25) is 0 Å². The summed E-state index contributed by atoms with van der Waals surface area (Å²) < 4.78 is 6.05. The molecular formula is C19H22N2O. The fraction of sp³-hybridized carbons (Fsp3) is 0.368. The number of aromatic nitrogens is 1. The topological polar surface area (TPSA) is 28.3 Å². The predicted molar refractivity (Wildman–Crippen MR) is 91.6 cm³/mol. The lowest BCUT2D eigenvalue weighted by Crippen LogP contribution is -2.21. The number of fused-ring (bicyclic) bond motifs is 3. The summed E-state index contributed by atoms with van der Waals surface area (Å²) >= 11 is 0. The van der Waals surface area contributed by atoms with Crippen LogP contribution in [0.2, 0.25) is 0 Å². The molecule has 22 heavy (non-hydrogen) atoms. The number of ether oxygens (including phenoxy) is 1. The first kappa shape index (κ1) is 13.6. The standard InChI is InChI=1S/C19H22N2O/c1-2-9-17-15(7-1)16-8-5-10-18(19(16)20-17)22-14-6-13-21-11-3-4-12-21/h1-2,5,7-10,20H,3-4,6,11-14H2. The van der Waals surface area contributed by atoms with Gasteiger partial charge in [0.05, 0.1) is 12.1 Å². The lowest BCUT2D eigenvalue weighted by atomic mass is 10.1. The number of H-pyrrole nitrogens is 1. The molecule has 2 aromatic carbocycles. The van der Waals surface area contributed by atoms with Crippen molar-refractivity contribution in [1.29, 1.82) is 0 Å². The molecule has 3 heteroatoms. The molecule has 114 valence electrons. The summed E-state index contributed by atoms with van der Waals surface area (Å²) in [5, 5.41) is 2.51. The molecule has 4 rings (SSSR count). The predicted octanol–water partition coefficient (Wildman–Crippen LogP) is 4.19. The number of benzene rings is 2. The molecule has 1 saturated heterocycles. The number of likely N-dealkylation sites (tertiary alicyclic amines) is 1. The van der Waals surface area contributed by atoms with E-state index in [1.54, 1.807) is 0 Å². The summed E-state index contributed by atoms with van der Waals surface area (Å²) in [6, 6.07) is 14.7. The van der Waals surface area contributed by atoms with E-state index in [0.29, 0.717) is 0 Å². The van der Waals surface area contributed by atoms with Gasteiger partial charge in [-0.05, 0) is 44.5 Å². The van der Waals surface area contributed by atoms with Crippen LogP contribution in [0.25, 0.3) is 21.8 Å². The van der Waals surface area contributed by atoms with Crippen LogP contribution in [0, 0.1) is 0 Å². The van der Waals surface area contributed by atoms with Gasteiger partial charge >= 0.3 is 0 Å². The normalized spacial score (nSPS) is 15.8. The van der Waals surface area contributed by atoms with Crippen molar-refractivity contribution in [1.82, 2.24) is 9.88 Å². The monoisotopic (exact) mass is 294 g/mol. The number of hydrogen-bond acceptors (Lipinski definition) is 2. The molecule has 0 bridgehead atoms. The molecule has 0 unspecified atom stereocenters. The largest absolute Gasteiger partial charge is 0.491 e. The molecule has 1 aromatic heterocycles. The number of nitrogens with one attached hydrogen (secondary N) is 1. The third kappa shape index (κ3) is 2.57. The third-order valence-corrected chi connectivity index (χ3v) is 4.58. The van der Waals surface area contributed by atoms with E-state index in [9.17, 15) is 0 Å². The molecule has 0 atom stereocenters. The van der Waals surface area contributed by atoms with Gasteiger partial charge in [-0.1, -0.05) is 30.3 Å². The lowest BCUT2D eigenvalue weighted by molar-refractivity contribution is 0.265. The van der Waals surface area contributed by atoms with E-state index in [1.807, 2.05) is 0 Å². The maximum Gasteiger partial charge on any atom is 0.143 e. The van der Waals surface area contributed by atoms with Crippen molar-refractivity contribution in [2.45, 2.75) is 19.3 Å². The van der Waals surface area contributed by atoms with Gasteiger partial charge in [-0.15, -0.1) is 0 Å². The first-order valence-corrected chi connectivity index (χ1v) is 8.26. The lowest BCUT2D eigenvalue weighted by Gasteiger charge is -2.14. The first-order valence-electron chi connectivity index (χ1n) is 8.26. The van der Waals surface area contributed by atoms with Crippen LogP contribution >= 0.6 is 0 Å². The molecule has 2 heterocycles. The van der Waals surface area contributed by atoms with Crippen LogP contribution in [-0.4, -0.2) is 36.1 Å². The molecular weight excluding hydrogens is 272 g/mol. The summed E-state index contributed by atoms with van der Waals surface area (Å²) in [5.74, 6) is 0.968.